The molecule has 1 aliphatic rings. The normalized spacial score (nSPS) is 16.2. The summed E-state index contributed by atoms with van der Waals surface area (Å²) in [4.78, 5) is 11.1. The molecule has 0 N–H and O–H groups in total. The number of carbonyl (C=O) groups excluding carboxylic acids is 1. The van der Waals surface area contributed by atoms with Crippen LogP contribution in [0.2, 0.25) is 0 Å². The fourth-order valence-electron chi connectivity index (χ4n) is 1.27. The Labute approximate surface area is 90.9 Å². The van der Waals surface area contributed by atoms with E-state index in [2.05, 4.69) is 5.92 Å². The van der Waals surface area contributed by atoms with E-state index in [0.717, 1.165) is 16.7 Å². The maximum absolute atomic E-state index is 11.1. The van der Waals surface area contributed by atoms with E-state index in [1.54, 1.807) is 6.92 Å². The number of ketones is 1. The van der Waals surface area contributed by atoms with Crippen molar-refractivity contribution in [2.75, 3.05) is 0 Å². The highest BCUT2D eigenvalue weighted by molar-refractivity contribution is 5.93. The Hall–Kier alpha value is -1.81. The molecule has 0 heterocycles. The van der Waals surface area contributed by atoms with Crippen LogP contribution in [0.25, 0.3) is 0 Å². The van der Waals surface area contributed by atoms with Gasteiger partial charge >= 0.3 is 0 Å². The summed E-state index contributed by atoms with van der Waals surface area (Å²) < 4.78 is 0. The van der Waals surface area contributed by atoms with Crippen molar-refractivity contribution in [3.05, 3.63) is 47.1 Å². The average molecular weight is 198 g/mol. The quantitative estimate of drug-likeness (QED) is 0.492. The Kier molecular flexibility index (Phi) is 3.88. The Morgan fingerprint density at radius 1 is 1.40 bits per heavy atom. The molecule has 1 nitrogen and oxygen atoms in total. The van der Waals surface area contributed by atoms with Crippen LogP contribution >= 0.6 is 0 Å². The Bertz CT molecular complexity index is 423. The van der Waals surface area contributed by atoms with Gasteiger partial charge in [0.2, 0.25) is 0 Å². The molecular formula is C14H14O. The van der Waals surface area contributed by atoms with Crippen molar-refractivity contribution in [1.82, 2.24) is 0 Å². The highest BCUT2D eigenvalue weighted by atomic mass is 16.1. The van der Waals surface area contributed by atoms with Crippen molar-refractivity contribution in [3.63, 3.8) is 0 Å². The van der Waals surface area contributed by atoms with Gasteiger partial charge in [0, 0.05) is 12.0 Å². The number of rotatable bonds is 2. The highest BCUT2D eigenvalue weighted by Crippen LogP contribution is 2.16. The molecule has 0 atom stereocenters. The molecule has 0 bridgehead atoms. The summed E-state index contributed by atoms with van der Waals surface area (Å²) in [5.74, 6) is 2.72. The van der Waals surface area contributed by atoms with Crippen LogP contribution < -0.4 is 0 Å². The van der Waals surface area contributed by atoms with Crippen LogP contribution in [0.1, 0.15) is 20.3 Å². The van der Waals surface area contributed by atoms with Gasteiger partial charge in [0.15, 0.2) is 5.78 Å². The molecule has 1 aliphatic carbocycles. The SMILES string of the molecule is C#CC1=CC=CC=C(/C=C(\C)C(C)=O)C1. The molecular weight excluding hydrogens is 184 g/mol. The molecule has 0 aliphatic heterocycles. The van der Waals surface area contributed by atoms with E-state index in [-0.39, 0.29) is 5.78 Å². The van der Waals surface area contributed by atoms with Gasteiger partial charge in [-0.05, 0) is 25.0 Å². The Morgan fingerprint density at radius 3 is 2.67 bits per heavy atom. The van der Waals surface area contributed by atoms with Gasteiger partial charge in [0.25, 0.3) is 0 Å². The minimum absolute atomic E-state index is 0.0929. The van der Waals surface area contributed by atoms with Crippen LogP contribution in [0, 0.1) is 12.3 Å². The van der Waals surface area contributed by atoms with Crippen LogP contribution in [-0.4, -0.2) is 5.78 Å². The zero-order valence-electron chi connectivity index (χ0n) is 9.08. The molecule has 1 rings (SSSR count). The van der Waals surface area contributed by atoms with Crippen molar-refractivity contribution in [3.8, 4) is 12.3 Å². The van der Waals surface area contributed by atoms with Gasteiger partial charge < -0.3 is 0 Å². The lowest BCUT2D eigenvalue weighted by Gasteiger charge is -2.01. The number of allylic oxidation sites excluding steroid dienone is 8. The molecule has 0 radical (unpaired) electrons. The topological polar surface area (TPSA) is 17.1 Å². The monoisotopic (exact) mass is 198 g/mol. The summed E-state index contributed by atoms with van der Waals surface area (Å²) in [5.41, 5.74) is 2.76. The van der Waals surface area contributed by atoms with E-state index in [1.807, 2.05) is 37.3 Å². The van der Waals surface area contributed by atoms with Gasteiger partial charge in [-0.1, -0.05) is 36.3 Å². The largest absolute Gasteiger partial charge is 0.295 e. The van der Waals surface area contributed by atoms with E-state index in [9.17, 15) is 4.79 Å². The van der Waals surface area contributed by atoms with E-state index in [4.69, 9.17) is 6.42 Å². The summed E-state index contributed by atoms with van der Waals surface area (Å²) in [7, 11) is 0. The van der Waals surface area contributed by atoms with Crippen LogP contribution in [0.5, 0.6) is 0 Å². The third-order valence-electron chi connectivity index (χ3n) is 2.26. The molecule has 0 aromatic heterocycles. The van der Waals surface area contributed by atoms with E-state index in [0.29, 0.717) is 6.42 Å². The van der Waals surface area contributed by atoms with Crippen LogP contribution in [-0.2, 0) is 4.79 Å². The molecule has 15 heavy (non-hydrogen) atoms. The van der Waals surface area contributed by atoms with Gasteiger partial charge in [0.1, 0.15) is 0 Å². The van der Waals surface area contributed by atoms with E-state index >= 15 is 0 Å². The number of Topliss-reactive ketones (excluding diaryl/α,β-unsaturated/α-hetero) is 1. The zero-order chi connectivity index (χ0) is 11.3. The van der Waals surface area contributed by atoms with E-state index < -0.39 is 0 Å². The molecule has 0 spiro atoms. The third-order valence-corrected chi connectivity index (χ3v) is 2.26. The smallest absolute Gasteiger partial charge is 0.155 e. The Balaban J connectivity index is 2.91. The minimum Gasteiger partial charge on any atom is -0.295 e. The second-order valence-electron chi connectivity index (χ2n) is 3.52. The van der Waals surface area contributed by atoms with Crippen molar-refractivity contribution in [2.45, 2.75) is 20.3 Å². The van der Waals surface area contributed by atoms with Crippen LogP contribution in [0.3, 0.4) is 0 Å². The van der Waals surface area contributed by atoms with Crippen molar-refractivity contribution < 1.29 is 4.79 Å². The molecule has 0 saturated carbocycles. The summed E-state index contributed by atoms with van der Waals surface area (Å²) in [6.07, 6.45) is 15.7. The zero-order valence-corrected chi connectivity index (χ0v) is 9.08. The maximum atomic E-state index is 11.1. The van der Waals surface area contributed by atoms with Gasteiger partial charge in [0.05, 0.1) is 0 Å². The average Bonchev–Trinajstić information content (AvgIpc) is 2.42. The number of terminal acetylenes is 1. The molecule has 0 amide bonds. The first-order chi connectivity index (χ1) is 7.13. The van der Waals surface area contributed by atoms with Crippen molar-refractivity contribution >= 4 is 5.78 Å². The first kappa shape index (κ1) is 11.3. The third kappa shape index (κ3) is 3.44. The fraction of sp³-hybridized carbons (Fsp3) is 0.214. The first-order valence-corrected chi connectivity index (χ1v) is 4.85. The summed E-state index contributed by atoms with van der Waals surface area (Å²) in [5, 5.41) is 0. The lowest BCUT2D eigenvalue weighted by Crippen LogP contribution is -1.93. The lowest BCUT2D eigenvalue weighted by molar-refractivity contribution is -0.113. The molecule has 76 valence electrons. The van der Waals surface area contributed by atoms with Gasteiger partial charge in [-0.2, -0.15) is 0 Å². The summed E-state index contributed by atoms with van der Waals surface area (Å²) in [6, 6.07) is 0. The molecule has 0 aromatic carbocycles. The molecule has 0 fully saturated rings. The van der Waals surface area contributed by atoms with Crippen LogP contribution in [0.15, 0.2) is 47.1 Å². The predicted molar refractivity (Wildman–Crippen MR) is 63.2 cm³/mol. The lowest BCUT2D eigenvalue weighted by atomic mass is 10.0. The Morgan fingerprint density at radius 2 is 2.07 bits per heavy atom. The van der Waals surface area contributed by atoms with Gasteiger partial charge in [-0.25, -0.2) is 0 Å². The molecule has 0 unspecified atom stereocenters. The molecule has 0 saturated heterocycles. The molecule has 0 aromatic rings. The van der Waals surface area contributed by atoms with E-state index in [1.165, 1.54) is 0 Å². The second kappa shape index (κ2) is 5.17. The van der Waals surface area contributed by atoms with Gasteiger partial charge in [-0.15, -0.1) is 6.42 Å². The predicted octanol–water partition coefficient (Wildman–Crippen LogP) is 2.97. The van der Waals surface area contributed by atoms with Crippen LogP contribution in [0.4, 0.5) is 0 Å². The number of hydrogen-bond acceptors (Lipinski definition) is 1. The standard InChI is InChI=1S/C14H14O/c1-4-13-7-5-6-8-14(10-13)9-11(2)12(3)15/h1,5-9H,10H2,2-3H3/b11-9+. The first-order valence-electron chi connectivity index (χ1n) is 4.85. The number of carbonyl (C=O) groups is 1. The minimum atomic E-state index is 0.0929. The van der Waals surface area contributed by atoms with Gasteiger partial charge in [-0.3, -0.25) is 4.79 Å². The van der Waals surface area contributed by atoms with Crippen molar-refractivity contribution in [2.24, 2.45) is 0 Å². The fourth-order valence-corrected chi connectivity index (χ4v) is 1.27. The summed E-state index contributed by atoms with van der Waals surface area (Å²) in [6.45, 7) is 3.38. The molecule has 1 heteroatoms. The van der Waals surface area contributed by atoms with Crippen molar-refractivity contribution in [1.29, 1.82) is 0 Å². The summed E-state index contributed by atoms with van der Waals surface area (Å²) >= 11 is 0. The highest BCUT2D eigenvalue weighted by Gasteiger charge is 2.02. The number of hydrogen-bond donors (Lipinski definition) is 0. The maximum Gasteiger partial charge on any atom is 0.155 e. The second-order valence-corrected chi connectivity index (χ2v) is 3.52.